The summed E-state index contributed by atoms with van der Waals surface area (Å²) >= 11 is 6.32. The van der Waals surface area contributed by atoms with Crippen molar-refractivity contribution in [2.75, 3.05) is 6.54 Å². The van der Waals surface area contributed by atoms with Gasteiger partial charge < -0.3 is 5.73 Å². The zero-order valence-corrected chi connectivity index (χ0v) is 11.3. The lowest BCUT2D eigenvalue weighted by molar-refractivity contribution is 0.272. The average molecular weight is 254 g/mol. The second kappa shape index (κ2) is 3.72. The minimum atomic E-state index is 0.297. The third-order valence-electron chi connectivity index (χ3n) is 4.71. The van der Waals surface area contributed by atoms with Crippen LogP contribution >= 0.6 is 11.6 Å². The van der Waals surface area contributed by atoms with Gasteiger partial charge in [-0.05, 0) is 56.4 Å². The number of nitrogens with two attached hydrogens (primary N) is 1. The largest absolute Gasteiger partial charge is 0.330 e. The summed E-state index contributed by atoms with van der Waals surface area (Å²) in [5.41, 5.74) is 8.60. The fourth-order valence-electron chi connectivity index (χ4n) is 3.64. The van der Waals surface area contributed by atoms with Crippen LogP contribution in [-0.2, 0) is 13.5 Å². The van der Waals surface area contributed by atoms with Crippen LogP contribution in [0, 0.1) is 24.2 Å². The Morgan fingerprint density at radius 2 is 2.12 bits per heavy atom. The molecule has 0 radical (unpaired) electrons. The molecular weight excluding hydrogens is 234 g/mol. The van der Waals surface area contributed by atoms with Crippen molar-refractivity contribution in [3.8, 4) is 0 Å². The zero-order chi connectivity index (χ0) is 12.2. The fraction of sp³-hybridized carbons (Fsp3) is 0.769. The molecule has 2 aliphatic rings. The predicted octanol–water partition coefficient (Wildman–Crippen LogP) is 2.30. The first-order valence-corrected chi connectivity index (χ1v) is 6.80. The molecule has 2 N–H and O–H groups in total. The molecule has 17 heavy (non-hydrogen) atoms. The first kappa shape index (κ1) is 11.5. The van der Waals surface area contributed by atoms with Crippen molar-refractivity contribution in [2.24, 2.45) is 30.0 Å². The first-order valence-electron chi connectivity index (χ1n) is 6.43. The van der Waals surface area contributed by atoms with E-state index < -0.39 is 0 Å². The van der Waals surface area contributed by atoms with Crippen LogP contribution in [0.4, 0.5) is 0 Å². The molecule has 1 aromatic heterocycles. The normalized spacial score (nSPS) is 35.1. The first-order chi connectivity index (χ1) is 8.04. The van der Waals surface area contributed by atoms with Crippen LogP contribution < -0.4 is 5.73 Å². The summed E-state index contributed by atoms with van der Waals surface area (Å²) in [6.07, 6.45) is 5.02. The van der Waals surface area contributed by atoms with Crippen LogP contribution in [0.25, 0.3) is 0 Å². The maximum atomic E-state index is 6.32. The standard InChI is InChI=1S/C13H20ClN3/c1-8-11(12(14)17(2)16-8)6-13(7-15)4-9-3-10(9)5-13/h9-10H,3-7,15H2,1-2H3. The monoisotopic (exact) mass is 253 g/mol. The number of aryl methyl sites for hydroxylation is 2. The van der Waals surface area contributed by atoms with Gasteiger partial charge in [-0.25, -0.2) is 0 Å². The SMILES string of the molecule is Cc1nn(C)c(Cl)c1CC1(CN)CC2CC2C1. The Morgan fingerprint density at radius 3 is 2.59 bits per heavy atom. The van der Waals surface area contributed by atoms with Gasteiger partial charge in [0.05, 0.1) is 5.69 Å². The lowest BCUT2D eigenvalue weighted by Crippen LogP contribution is -2.31. The minimum absolute atomic E-state index is 0.297. The van der Waals surface area contributed by atoms with E-state index in [9.17, 15) is 0 Å². The van der Waals surface area contributed by atoms with Gasteiger partial charge in [-0.15, -0.1) is 0 Å². The molecule has 1 aromatic rings. The Labute approximate surface area is 107 Å². The van der Waals surface area contributed by atoms with Gasteiger partial charge in [0.1, 0.15) is 5.15 Å². The quantitative estimate of drug-likeness (QED) is 0.898. The molecule has 2 atom stereocenters. The summed E-state index contributed by atoms with van der Waals surface area (Å²) in [6.45, 7) is 2.83. The smallest absolute Gasteiger partial charge is 0.130 e. The molecule has 2 unspecified atom stereocenters. The summed E-state index contributed by atoms with van der Waals surface area (Å²) in [6, 6.07) is 0. The van der Waals surface area contributed by atoms with Crippen LogP contribution in [0.1, 0.15) is 30.5 Å². The van der Waals surface area contributed by atoms with E-state index in [1.165, 1.54) is 24.8 Å². The highest BCUT2D eigenvalue weighted by Gasteiger charge is 2.53. The van der Waals surface area contributed by atoms with E-state index in [-0.39, 0.29) is 0 Å². The van der Waals surface area contributed by atoms with E-state index in [1.807, 2.05) is 14.0 Å². The molecule has 0 amide bonds. The van der Waals surface area contributed by atoms with Gasteiger partial charge in [-0.1, -0.05) is 11.6 Å². The fourth-order valence-corrected chi connectivity index (χ4v) is 3.88. The van der Waals surface area contributed by atoms with Crippen molar-refractivity contribution >= 4 is 11.6 Å². The summed E-state index contributed by atoms with van der Waals surface area (Å²) in [5.74, 6) is 1.91. The van der Waals surface area contributed by atoms with E-state index >= 15 is 0 Å². The van der Waals surface area contributed by atoms with Crippen molar-refractivity contribution in [3.05, 3.63) is 16.4 Å². The van der Waals surface area contributed by atoms with Crippen molar-refractivity contribution < 1.29 is 0 Å². The topological polar surface area (TPSA) is 43.8 Å². The summed E-state index contributed by atoms with van der Waals surface area (Å²) in [4.78, 5) is 0. The number of hydrogen-bond donors (Lipinski definition) is 1. The van der Waals surface area contributed by atoms with Crippen molar-refractivity contribution in [3.63, 3.8) is 0 Å². The van der Waals surface area contributed by atoms with Gasteiger partial charge in [-0.3, -0.25) is 4.68 Å². The number of aromatic nitrogens is 2. The zero-order valence-electron chi connectivity index (χ0n) is 10.5. The Morgan fingerprint density at radius 1 is 1.47 bits per heavy atom. The molecule has 2 saturated carbocycles. The lowest BCUT2D eigenvalue weighted by atomic mass is 9.77. The summed E-state index contributed by atoms with van der Waals surface area (Å²) in [7, 11) is 1.90. The van der Waals surface area contributed by atoms with Crippen molar-refractivity contribution in [1.82, 2.24) is 9.78 Å². The molecular formula is C13H20ClN3. The number of hydrogen-bond acceptors (Lipinski definition) is 2. The van der Waals surface area contributed by atoms with E-state index in [0.29, 0.717) is 5.41 Å². The van der Waals surface area contributed by atoms with Gasteiger partial charge >= 0.3 is 0 Å². The third kappa shape index (κ3) is 1.80. The Bertz CT molecular complexity index is 442. The van der Waals surface area contributed by atoms with Gasteiger partial charge in [0.2, 0.25) is 0 Å². The van der Waals surface area contributed by atoms with Gasteiger partial charge in [-0.2, -0.15) is 5.10 Å². The molecule has 0 spiro atoms. The van der Waals surface area contributed by atoms with E-state index in [4.69, 9.17) is 17.3 Å². The molecule has 3 nitrogen and oxygen atoms in total. The van der Waals surface area contributed by atoms with E-state index in [2.05, 4.69) is 5.10 Å². The summed E-state index contributed by atoms with van der Waals surface area (Å²) in [5, 5.41) is 5.18. The van der Waals surface area contributed by atoms with Crippen LogP contribution in [0.2, 0.25) is 5.15 Å². The van der Waals surface area contributed by atoms with Gasteiger partial charge in [0.25, 0.3) is 0 Å². The van der Waals surface area contributed by atoms with Crippen LogP contribution in [0.5, 0.6) is 0 Å². The highest BCUT2D eigenvalue weighted by molar-refractivity contribution is 6.30. The highest BCUT2D eigenvalue weighted by atomic mass is 35.5. The molecule has 4 heteroatoms. The predicted molar refractivity (Wildman–Crippen MR) is 69.0 cm³/mol. The molecule has 0 bridgehead atoms. The lowest BCUT2D eigenvalue weighted by Gasteiger charge is -2.29. The third-order valence-corrected chi connectivity index (χ3v) is 5.19. The molecule has 0 aliphatic heterocycles. The number of halogens is 1. The van der Waals surface area contributed by atoms with Gasteiger partial charge in [0, 0.05) is 12.6 Å². The molecule has 0 aromatic carbocycles. The minimum Gasteiger partial charge on any atom is -0.330 e. The number of nitrogens with zero attached hydrogens (tertiary/aromatic N) is 2. The molecule has 0 saturated heterocycles. The molecule has 94 valence electrons. The summed E-state index contributed by atoms with van der Waals surface area (Å²) < 4.78 is 1.77. The number of rotatable bonds is 3. The maximum absolute atomic E-state index is 6.32. The molecule has 2 aliphatic carbocycles. The Balaban J connectivity index is 1.85. The maximum Gasteiger partial charge on any atom is 0.130 e. The van der Waals surface area contributed by atoms with Crippen LogP contribution in [0.15, 0.2) is 0 Å². The second-order valence-corrected chi connectivity index (χ2v) is 6.38. The Hall–Kier alpha value is -0.540. The molecule has 2 fully saturated rings. The van der Waals surface area contributed by atoms with Crippen molar-refractivity contribution in [2.45, 2.75) is 32.6 Å². The van der Waals surface area contributed by atoms with Crippen LogP contribution in [-0.4, -0.2) is 16.3 Å². The average Bonchev–Trinajstić information content (AvgIpc) is 2.85. The van der Waals surface area contributed by atoms with E-state index in [1.54, 1.807) is 4.68 Å². The second-order valence-electron chi connectivity index (χ2n) is 6.02. The van der Waals surface area contributed by atoms with E-state index in [0.717, 1.165) is 35.6 Å². The number of fused-ring (bicyclic) bond motifs is 1. The van der Waals surface area contributed by atoms with Crippen LogP contribution in [0.3, 0.4) is 0 Å². The Kier molecular flexibility index (Phi) is 2.53. The highest BCUT2D eigenvalue weighted by Crippen LogP contribution is 2.60. The molecule has 3 rings (SSSR count). The molecule has 1 heterocycles. The van der Waals surface area contributed by atoms with Crippen molar-refractivity contribution in [1.29, 1.82) is 0 Å². The van der Waals surface area contributed by atoms with Gasteiger partial charge in [0.15, 0.2) is 0 Å².